The van der Waals surface area contributed by atoms with Crippen LogP contribution in [0.4, 0.5) is 0 Å². The number of rotatable bonds is 16. The first-order valence-corrected chi connectivity index (χ1v) is 48.0. The number of hydrogen-bond acceptors (Lipinski definition) is 12. The Balaban J connectivity index is 0.000000128. The minimum absolute atomic E-state index is 0. The minimum atomic E-state index is 0. The number of para-hydroxylation sites is 4. The average molecular weight is 2600 g/mol. The van der Waals surface area contributed by atoms with Gasteiger partial charge in [0.05, 0.1) is 15.1 Å². The standard InChI is InChI=1S/4C30H21N3S.4Pt/c1-20-14-16-31-29(17-20)34-24-9-5-8-22(18-24)23-12-13-26-25-10-3-4-11-27(25)33(28(26)19-23)30-21(2)7-6-15-32-30;1-20-14-16-31-29(17-20)33-27-11-4-3-10-25(27)26-13-12-23(19-28(26)33)22-8-5-9-24(18-22)34-30-21(2)7-6-15-32-30;1-20-15-16-31-30(17-20)34-24-9-6-8-22(18-24)23-13-14-26-25-10-3-4-11-27(25)33(28(26)19-23)29-12-5-7-21(2)32-29;1-20-14-15-31-30(16-20)34-24-7-5-6-22(17-24)23-11-12-26-25-8-3-4-9-27(25)33(28(26)18-23)29-13-10-21(2)19-32-29;;;;/h3*3-17H,1-2H3;3-16,19H,1-2H3;;;;/q4*-2;4*+2. The molecule has 12 aromatic heterocycles. The first-order valence-electron chi connectivity index (χ1n) is 44.7. The SMILES string of the molecule is Cc1ccc(-n2c3[c-]c(-c4[c-]c(Sc5cc(C)ccn5)ccc4)ccc3c3ccccc32)nc1.Cc1ccnc(-n2c3[c-]c(-c4[c-]c(Sc5ncccc5C)ccc4)ccc3c3ccccc32)c1.Cc1ccnc(Sc2[c-]c(-c3[c-]c4c(cc3)c3ccccc3n4-c3cccc(C)n3)ccc2)c1.Cc1ccnc(Sc2[c-]c(-c3[c-]c4c(cc3)c3ccccc3n4-c3ncccc3C)ccc2)c1.[Pt+2].[Pt+2].[Pt+2].[Pt+2]. The molecular formula is C120H84N12Pt4S4. The molecule has 20 heteroatoms. The maximum absolute atomic E-state index is 4.81. The third-order valence-electron chi connectivity index (χ3n) is 23.6. The fraction of sp³-hybridized carbons (Fsp3) is 0.0667. The number of fused-ring (bicyclic) bond motifs is 12. The van der Waals surface area contributed by atoms with E-state index in [1.54, 1.807) is 47.0 Å². The topological polar surface area (TPSA) is 123 Å². The van der Waals surface area contributed by atoms with Gasteiger partial charge in [-0.1, -0.05) is 185 Å². The zero-order valence-electron chi connectivity index (χ0n) is 76.9. The van der Waals surface area contributed by atoms with Crippen LogP contribution in [0.1, 0.15) is 44.6 Å². The predicted octanol–water partition coefficient (Wildman–Crippen LogP) is 30.4. The molecule has 0 spiro atoms. The van der Waals surface area contributed by atoms with Crippen LogP contribution < -0.4 is 0 Å². The molecule has 688 valence electrons. The van der Waals surface area contributed by atoms with Gasteiger partial charge in [0, 0.05) is 71.1 Å². The van der Waals surface area contributed by atoms with Crippen LogP contribution in [0.15, 0.2) is 405 Å². The van der Waals surface area contributed by atoms with E-state index in [2.05, 4.69) is 419 Å². The second-order valence-corrected chi connectivity index (χ2v) is 37.6. The molecule has 0 saturated carbocycles. The van der Waals surface area contributed by atoms with Crippen LogP contribution >= 0.6 is 47.0 Å². The summed E-state index contributed by atoms with van der Waals surface area (Å²) in [5.74, 6) is 3.63. The normalized spacial score (nSPS) is 11.0. The molecule has 0 aliphatic rings. The van der Waals surface area contributed by atoms with Crippen LogP contribution in [-0.2, 0) is 84.3 Å². The maximum Gasteiger partial charge on any atom is 2.00 e. The van der Waals surface area contributed by atoms with E-state index in [0.717, 1.165) is 190 Å². The Morgan fingerprint density at radius 1 is 0.221 bits per heavy atom. The Labute approximate surface area is 888 Å². The van der Waals surface area contributed by atoms with Crippen molar-refractivity contribution in [1.82, 2.24) is 58.1 Å². The third kappa shape index (κ3) is 21.3. The summed E-state index contributed by atoms with van der Waals surface area (Å²) in [6, 6.07) is 140. The van der Waals surface area contributed by atoms with E-state index in [1.165, 1.54) is 49.2 Å². The fourth-order valence-electron chi connectivity index (χ4n) is 17.1. The van der Waals surface area contributed by atoms with Gasteiger partial charge in [-0.15, -0.1) is 48.5 Å². The molecule has 0 radical (unpaired) electrons. The van der Waals surface area contributed by atoms with E-state index in [0.29, 0.717) is 0 Å². The quantitative estimate of drug-likeness (QED) is 0.0856. The molecule has 12 nitrogen and oxygen atoms in total. The third-order valence-corrected chi connectivity index (χ3v) is 27.4. The smallest absolute Gasteiger partial charge is 0.314 e. The van der Waals surface area contributed by atoms with Gasteiger partial charge in [0.15, 0.2) is 0 Å². The second-order valence-electron chi connectivity index (χ2n) is 33.4. The Hall–Kier alpha value is -12.8. The van der Waals surface area contributed by atoms with Gasteiger partial charge in [-0.3, -0.25) is 0 Å². The molecule has 0 saturated heterocycles. The van der Waals surface area contributed by atoms with Gasteiger partial charge in [0.2, 0.25) is 0 Å². The van der Waals surface area contributed by atoms with Gasteiger partial charge in [0.1, 0.15) is 28.3 Å². The first kappa shape index (κ1) is 98.8. The van der Waals surface area contributed by atoms with Crippen LogP contribution in [-0.4, -0.2) is 58.1 Å². The Bertz CT molecular complexity index is 8670. The van der Waals surface area contributed by atoms with Gasteiger partial charge < -0.3 is 18.3 Å². The number of aromatic nitrogens is 12. The van der Waals surface area contributed by atoms with Crippen molar-refractivity contribution in [3.8, 4) is 67.8 Å². The van der Waals surface area contributed by atoms with Crippen molar-refractivity contribution >= 4 is 134 Å². The van der Waals surface area contributed by atoms with Crippen molar-refractivity contribution in [3.05, 3.63) is 458 Å². The van der Waals surface area contributed by atoms with Gasteiger partial charge in [0.25, 0.3) is 0 Å². The molecule has 0 N–H and O–H groups in total. The largest absolute Gasteiger partial charge is 2.00 e. The van der Waals surface area contributed by atoms with Crippen molar-refractivity contribution in [3.63, 3.8) is 0 Å². The van der Waals surface area contributed by atoms with Crippen molar-refractivity contribution < 1.29 is 84.3 Å². The minimum Gasteiger partial charge on any atom is -0.314 e. The fourth-order valence-corrected chi connectivity index (χ4v) is 20.6. The number of aryl methyl sites for hydroxylation is 8. The van der Waals surface area contributed by atoms with Crippen LogP contribution in [0.2, 0.25) is 0 Å². The number of nitrogens with zero attached hydrogens (tertiary/aromatic N) is 12. The number of hydrogen-bond donors (Lipinski definition) is 0. The van der Waals surface area contributed by atoms with E-state index < -0.39 is 0 Å². The van der Waals surface area contributed by atoms with E-state index in [9.17, 15) is 0 Å². The summed E-state index contributed by atoms with van der Waals surface area (Å²) in [6.45, 7) is 16.6. The molecule has 0 atom stereocenters. The first-order chi connectivity index (χ1) is 66.6. The van der Waals surface area contributed by atoms with Crippen molar-refractivity contribution in [2.24, 2.45) is 0 Å². The summed E-state index contributed by atoms with van der Waals surface area (Å²) in [7, 11) is 0. The molecule has 0 amide bonds. The Morgan fingerprint density at radius 3 is 0.957 bits per heavy atom. The maximum atomic E-state index is 4.81. The number of pyridine rings is 8. The zero-order valence-corrected chi connectivity index (χ0v) is 89.3. The van der Waals surface area contributed by atoms with Crippen molar-refractivity contribution in [2.75, 3.05) is 0 Å². The van der Waals surface area contributed by atoms with Crippen LogP contribution in [0.3, 0.4) is 0 Å². The summed E-state index contributed by atoms with van der Waals surface area (Å²) in [5.41, 5.74) is 25.8. The number of benzene rings is 12. The molecule has 12 aromatic carbocycles. The Morgan fingerprint density at radius 2 is 0.571 bits per heavy atom. The van der Waals surface area contributed by atoms with Crippen LogP contribution in [0.25, 0.3) is 155 Å². The molecule has 0 unspecified atom stereocenters. The molecule has 0 aliphatic carbocycles. The second kappa shape index (κ2) is 44.3. The summed E-state index contributed by atoms with van der Waals surface area (Å²) < 4.78 is 8.83. The molecular weight excluding hydrogens is 2520 g/mol. The van der Waals surface area contributed by atoms with Crippen LogP contribution in [0.5, 0.6) is 0 Å². The van der Waals surface area contributed by atoms with Gasteiger partial charge in [-0.2, -0.15) is 121 Å². The van der Waals surface area contributed by atoms with Gasteiger partial charge in [-0.25, -0.2) is 84.4 Å². The molecule has 24 rings (SSSR count). The summed E-state index contributed by atoms with van der Waals surface area (Å²) in [5, 5.41) is 13.4. The van der Waals surface area contributed by atoms with Crippen molar-refractivity contribution in [1.29, 1.82) is 0 Å². The molecule has 140 heavy (non-hydrogen) atoms. The van der Waals surface area contributed by atoms with E-state index >= 15 is 0 Å². The van der Waals surface area contributed by atoms with Gasteiger partial charge >= 0.3 is 84.3 Å². The molecule has 0 fully saturated rings. The zero-order chi connectivity index (χ0) is 92.3. The van der Waals surface area contributed by atoms with E-state index in [-0.39, 0.29) is 84.3 Å². The summed E-state index contributed by atoms with van der Waals surface area (Å²) in [4.78, 5) is 41.0. The van der Waals surface area contributed by atoms with E-state index in [4.69, 9.17) is 15.0 Å². The van der Waals surface area contributed by atoms with E-state index in [1.807, 2.05) is 92.8 Å². The average Bonchev–Trinajstić information content (AvgIpc) is 1.61. The van der Waals surface area contributed by atoms with Gasteiger partial charge in [-0.05, 0) is 241 Å². The van der Waals surface area contributed by atoms with Crippen molar-refractivity contribution in [2.45, 2.75) is 95.1 Å². The monoisotopic (exact) mass is 2600 g/mol. The van der Waals surface area contributed by atoms with Crippen LogP contribution in [0, 0.1) is 104 Å². The molecule has 0 aliphatic heterocycles. The Kier molecular flexibility index (Phi) is 31.3. The predicted molar refractivity (Wildman–Crippen MR) is 558 cm³/mol. The summed E-state index contributed by atoms with van der Waals surface area (Å²) in [6.07, 6.45) is 13.0. The summed E-state index contributed by atoms with van der Waals surface area (Å²) >= 11 is 6.51. The molecule has 12 heterocycles. The molecule has 24 aromatic rings. The molecule has 0 bridgehead atoms.